The molecule has 0 aromatic rings. The average Bonchev–Trinajstić information content (AvgIpc) is 2.85. The zero-order valence-corrected chi connectivity index (χ0v) is 15.4. The van der Waals surface area contributed by atoms with E-state index < -0.39 is 5.60 Å². The molecule has 0 heterocycles. The summed E-state index contributed by atoms with van der Waals surface area (Å²) in [6, 6.07) is 0. The number of fused-ring (bicyclic) bond motifs is 5. The number of hydrogen-bond acceptors (Lipinski definition) is 5. The number of ether oxygens (including phenoxy) is 1. The number of methoxy groups -OCH3 is 1. The molecule has 140 valence electrons. The zero-order valence-electron chi connectivity index (χ0n) is 15.4. The topological polar surface area (TPSA) is 79.1 Å². The highest BCUT2D eigenvalue weighted by atomic mass is 16.5. The first-order valence-corrected chi connectivity index (χ1v) is 9.89. The van der Waals surface area contributed by atoms with Crippen molar-refractivity contribution in [1.29, 1.82) is 0 Å². The molecule has 2 N–H and O–H groups in total. The van der Waals surface area contributed by atoms with Gasteiger partial charge in [0.05, 0.1) is 12.2 Å². The lowest BCUT2D eigenvalue weighted by atomic mass is 9.50. The van der Waals surface area contributed by atoms with Crippen LogP contribution < -0.4 is 0 Å². The van der Waals surface area contributed by atoms with Gasteiger partial charge in [-0.3, -0.25) is 4.79 Å². The van der Waals surface area contributed by atoms with Gasteiger partial charge < -0.3 is 15.1 Å². The SMILES string of the molecule is COC[C@@]1(O)CC[C@H]2[C@H](CC[C@@H]3[C@@H]2CC[C@]2(C)C(=O)/C(=N\O)C[C@@H]32)C1. The molecular formula is C20H31NO4. The van der Waals surface area contributed by atoms with Crippen molar-refractivity contribution in [3.63, 3.8) is 0 Å². The molecule has 0 spiro atoms. The molecule has 5 nitrogen and oxygen atoms in total. The van der Waals surface area contributed by atoms with Gasteiger partial charge >= 0.3 is 0 Å². The predicted octanol–water partition coefficient (Wildman–Crippen LogP) is 3.03. The van der Waals surface area contributed by atoms with Gasteiger partial charge in [-0.15, -0.1) is 0 Å². The van der Waals surface area contributed by atoms with Crippen LogP contribution in [0, 0.1) is 35.0 Å². The normalized spacial score (nSPS) is 51.1. The van der Waals surface area contributed by atoms with Crippen LogP contribution in [-0.4, -0.2) is 41.1 Å². The van der Waals surface area contributed by atoms with E-state index in [9.17, 15) is 15.1 Å². The van der Waals surface area contributed by atoms with E-state index >= 15 is 0 Å². The third-order valence-corrected chi connectivity index (χ3v) is 8.22. The Morgan fingerprint density at radius 1 is 1.16 bits per heavy atom. The first-order chi connectivity index (χ1) is 11.9. The Labute approximate surface area is 149 Å². The molecule has 7 atom stereocenters. The highest BCUT2D eigenvalue weighted by molar-refractivity contribution is 6.43. The summed E-state index contributed by atoms with van der Waals surface area (Å²) in [7, 11) is 1.67. The number of Topliss-reactive ketones (excluding diaryl/α,β-unsaturated/α-hetero) is 1. The van der Waals surface area contributed by atoms with E-state index in [1.54, 1.807) is 7.11 Å². The first kappa shape index (κ1) is 17.5. The maximum absolute atomic E-state index is 12.7. The van der Waals surface area contributed by atoms with Gasteiger partial charge in [0, 0.05) is 18.9 Å². The molecule has 0 radical (unpaired) electrons. The van der Waals surface area contributed by atoms with E-state index in [1.165, 1.54) is 0 Å². The van der Waals surface area contributed by atoms with E-state index in [4.69, 9.17) is 4.74 Å². The van der Waals surface area contributed by atoms with Gasteiger partial charge in [-0.05, 0) is 74.5 Å². The van der Waals surface area contributed by atoms with Gasteiger partial charge in [0.2, 0.25) is 0 Å². The fourth-order valence-corrected chi connectivity index (χ4v) is 7.06. The van der Waals surface area contributed by atoms with E-state index in [2.05, 4.69) is 12.1 Å². The zero-order chi connectivity index (χ0) is 17.8. The van der Waals surface area contributed by atoms with Crippen molar-refractivity contribution in [2.45, 2.75) is 63.9 Å². The Morgan fingerprint density at radius 3 is 2.64 bits per heavy atom. The van der Waals surface area contributed by atoms with Crippen molar-refractivity contribution in [3.05, 3.63) is 0 Å². The monoisotopic (exact) mass is 349 g/mol. The fraction of sp³-hybridized carbons (Fsp3) is 0.900. The molecule has 4 fully saturated rings. The molecule has 25 heavy (non-hydrogen) atoms. The largest absolute Gasteiger partial charge is 0.411 e. The van der Waals surface area contributed by atoms with Crippen molar-refractivity contribution in [2.24, 2.45) is 40.2 Å². The number of carbonyl (C=O) groups excluding carboxylic acids is 1. The third-order valence-electron chi connectivity index (χ3n) is 8.22. The second kappa shape index (κ2) is 6.05. The molecule has 4 rings (SSSR count). The molecule has 0 aromatic carbocycles. The van der Waals surface area contributed by atoms with Gasteiger partial charge in [-0.1, -0.05) is 12.1 Å². The minimum absolute atomic E-state index is 0.0821. The number of aliphatic hydroxyl groups is 1. The van der Waals surface area contributed by atoms with Gasteiger partial charge in [-0.2, -0.15) is 0 Å². The van der Waals surface area contributed by atoms with Crippen LogP contribution in [0.1, 0.15) is 58.3 Å². The molecule has 4 aliphatic rings. The number of ketones is 1. The molecule has 0 amide bonds. The molecule has 0 unspecified atom stereocenters. The van der Waals surface area contributed by atoms with Crippen LogP contribution in [0.5, 0.6) is 0 Å². The average molecular weight is 349 g/mol. The molecule has 4 saturated carbocycles. The molecule has 0 aliphatic heterocycles. The lowest BCUT2D eigenvalue weighted by Crippen LogP contribution is -2.52. The van der Waals surface area contributed by atoms with Crippen molar-refractivity contribution in [3.8, 4) is 0 Å². The third kappa shape index (κ3) is 2.57. The highest BCUT2D eigenvalue weighted by Crippen LogP contribution is 2.61. The first-order valence-electron chi connectivity index (χ1n) is 9.89. The molecule has 5 heteroatoms. The molecule has 0 bridgehead atoms. The van der Waals surface area contributed by atoms with Gasteiger partial charge in [-0.25, -0.2) is 0 Å². The summed E-state index contributed by atoms with van der Waals surface area (Å²) in [5.74, 6) is 2.91. The summed E-state index contributed by atoms with van der Waals surface area (Å²) >= 11 is 0. The lowest BCUT2D eigenvalue weighted by Gasteiger charge is -2.55. The second-order valence-electron chi connectivity index (χ2n) is 9.37. The molecule has 0 saturated heterocycles. The van der Waals surface area contributed by atoms with Crippen molar-refractivity contribution in [2.75, 3.05) is 13.7 Å². The number of rotatable bonds is 2. The van der Waals surface area contributed by atoms with E-state index in [0.29, 0.717) is 48.3 Å². The summed E-state index contributed by atoms with van der Waals surface area (Å²) in [5.41, 5.74) is -0.569. The van der Waals surface area contributed by atoms with Crippen LogP contribution in [0.4, 0.5) is 0 Å². The number of nitrogens with zero attached hydrogens (tertiary/aromatic N) is 1. The second-order valence-corrected chi connectivity index (χ2v) is 9.37. The summed E-state index contributed by atoms with van der Waals surface area (Å²) in [6.07, 6.45) is 7.72. The molecule has 0 aromatic heterocycles. The van der Waals surface area contributed by atoms with Crippen LogP contribution in [0.3, 0.4) is 0 Å². The molecular weight excluding hydrogens is 318 g/mol. The van der Waals surface area contributed by atoms with Crippen LogP contribution in [0.2, 0.25) is 0 Å². The van der Waals surface area contributed by atoms with E-state index in [-0.39, 0.29) is 11.2 Å². The van der Waals surface area contributed by atoms with Crippen LogP contribution in [0.15, 0.2) is 5.16 Å². The van der Waals surface area contributed by atoms with Crippen LogP contribution in [0.25, 0.3) is 0 Å². The van der Waals surface area contributed by atoms with Crippen molar-refractivity contribution >= 4 is 11.5 Å². The maximum Gasteiger partial charge on any atom is 0.186 e. The quantitative estimate of drug-likeness (QED) is 0.593. The minimum atomic E-state index is -0.647. The smallest absolute Gasteiger partial charge is 0.186 e. The number of hydrogen-bond donors (Lipinski definition) is 2. The lowest BCUT2D eigenvalue weighted by molar-refractivity contribution is -0.136. The van der Waals surface area contributed by atoms with Crippen LogP contribution >= 0.6 is 0 Å². The predicted molar refractivity (Wildman–Crippen MR) is 93.5 cm³/mol. The van der Waals surface area contributed by atoms with Gasteiger partial charge in [0.15, 0.2) is 5.78 Å². The Balaban J connectivity index is 1.54. The number of carbonyl (C=O) groups is 1. The standard InChI is InChI=1S/C20H31NO4/c1-19-7-5-14-13-6-8-20(23,11-25-2)10-12(13)3-4-15(14)16(19)9-17(21-24)18(19)22/h12-16,23-24H,3-11H2,1-2H3/b21-17-/t12-,13+,14-,15-,16+,19+,20-/m1/s1. The van der Waals surface area contributed by atoms with Gasteiger partial charge in [0.1, 0.15) is 5.71 Å². The maximum atomic E-state index is 12.7. The molecule has 4 aliphatic carbocycles. The van der Waals surface area contributed by atoms with E-state index in [0.717, 1.165) is 44.9 Å². The van der Waals surface area contributed by atoms with E-state index in [1.807, 2.05) is 0 Å². The van der Waals surface area contributed by atoms with Crippen molar-refractivity contribution < 1.29 is 19.8 Å². The van der Waals surface area contributed by atoms with Crippen LogP contribution in [-0.2, 0) is 9.53 Å². The Bertz CT molecular complexity index is 590. The Kier molecular flexibility index (Phi) is 4.23. The minimum Gasteiger partial charge on any atom is -0.411 e. The summed E-state index contributed by atoms with van der Waals surface area (Å²) in [5, 5.41) is 23.3. The summed E-state index contributed by atoms with van der Waals surface area (Å²) in [6.45, 7) is 2.54. The summed E-state index contributed by atoms with van der Waals surface area (Å²) < 4.78 is 5.25. The highest BCUT2D eigenvalue weighted by Gasteiger charge is 2.59. The Hall–Kier alpha value is -0.940. The number of oxime groups is 1. The Morgan fingerprint density at radius 2 is 1.92 bits per heavy atom. The fourth-order valence-electron chi connectivity index (χ4n) is 7.06. The van der Waals surface area contributed by atoms with Crippen molar-refractivity contribution in [1.82, 2.24) is 0 Å². The van der Waals surface area contributed by atoms with Gasteiger partial charge in [0.25, 0.3) is 0 Å². The summed E-state index contributed by atoms with van der Waals surface area (Å²) in [4.78, 5) is 12.7.